The van der Waals surface area contributed by atoms with Crippen LogP contribution in [0.3, 0.4) is 0 Å². The summed E-state index contributed by atoms with van der Waals surface area (Å²) in [4.78, 5) is 21.7. The van der Waals surface area contributed by atoms with E-state index in [1.54, 1.807) is 0 Å². The Morgan fingerprint density at radius 3 is 2.50 bits per heavy atom. The number of nitrogens with two attached hydrogens (primary N) is 1. The second-order valence-corrected chi connectivity index (χ2v) is 3.13. The lowest BCUT2D eigenvalue weighted by molar-refractivity contribution is -0.114. The summed E-state index contributed by atoms with van der Waals surface area (Å²) in [7, 11) is 1.34. The first kappa shape index (κ1) is 11.8. The number of anilines is 2. The van der Waals surface area contributed by atoms with Crippen LogP contribution < -0.4 is 15.8 Å². The van der Waals surface area contributed by atoms with Gasteiger partial charge in [-0.2, -0.15) is 0 Å². The molecule has 0 aliphatic rings. The van der Waals surface area contributed by atoms with Crippen molar-refractivity contribution in [2.45, 2.75) is 6.92 Å². The summed E-state index contributed by atoms with van der Waals surface area (Å²) in [6.07, 6.45) is 0. The molecule has 1 amide bonds. The van der Waals surface area contributed by atoms with E-state index in [1.165, 1.54) is 26.2 Å². The van der Waals surface area contributed by atoms with Crippen LogP contribution in [-0.4, -0.2) is 24.1 Å². The molecule has 0 unspecified atom stereocenters. The summed E-state index contributed by atoms with van der Waals surface area (Å²) in [6, 6.07) is 2.62. The van der Waals surface area contributed by atoms with E-state index in [1.807, 2.05) is 0 Å². The van der Waals surface area contributed by atoms with Gasteiger partial charge in [0.2, 0.25) is 5.91 Å². The Morgan fingerprint density at radius 1 is 1.44 bits per heavy atom. The normalized spacial score (nSPS) is 9.62. The monoisotopic (exact) mass is 224 g/mol. The minimum Gasteiger partial charge on any atom is -0.496 e. The Balaban J connectivity index is 3.25. The topological polar surface area (TPSA) is 102 Å². The number of rotatable bonds is 3. The first-order valence-corrected chi connectivity index (χ1v) is 4.44. The van der Waals surface area contributed by atoms with Gasteiger partial charge in [-0.05, 0) is 6.07 Å². The molecule has 0 saturated heterocycles. The van der Waals surface area contributed by atoms with E-state index in [4.69, 9.17) is 15.6 Å². The van der Waals surface area contributed by atoms with Crippen LogP contribution in [0.15, 0.2) is 12.1 Å². The molecule has 16 heavy (non-hydrogen) atoms. The largest absolute Gasteiger partial charge is 0.496 e. The Hall–Kier alpha value is -2.24. The Bertz CT molecular complexity index is 443. The molecule has 0 fully saturated rings. The van der Waals surface area contributed by atoms with Crippen LogP contribution in [0.5, 0.6) is 5.75 Å². The van der Waals surface area contributed by atoms with Crippen molar-refractivity contribution in [1.29, 1.82) is 0 Å². The molecular weight excluding hydrogens is 212 g/mol. The summed E-state index contributed by atoms with van der Waals surface area (Å²) >= 11 is 0. The molecule has 0 aliphatic carbocycles. The van der Waals surface area contributed by atoms with E-state index in [2.05, 4.69) is 5.32 Å². The molecule has 0 bridgehead atoms. The second kappa shape index (κ2) is 4.52. The van der Waals surface area contributed by atoms with E-state index < -0.39 is 5.97 Å². The molecule has 0 aliphatic heterocycles. The number of hydrogen-bond donors (Lipinski definition) is 3. The van der Waals surface area contributed by atoms with Crippen molar-refractivity contribution >= 4 is 23.3 Å². The van der Waals surface area contributed by atoms with Crippen LogP contribution in [-0.2, 0) is 4.79 Å². The molecule has 1 aromatic carbocycles. The number of carboxylic acid groups (broad SMARTS) is 1. The third kappa shape index (κ3) is 2.41. The van der Waals surface area contributed by atoms with E-state index in [0.29, 0.717) is 5.69 Å². The number of benzene rings is 1. The SMILES string of the molecule is COc1cc(NC(C)=O)c(N)cc1C(=O)O. The van der Waals surface area contributed by atoms with E-state index in [0.717, 1.165) is 0 Å². The van der Waals surface area contributed by atoms with Crippen LogP contribution in [0.1, 0.15) is 17.3 Å². The van der Waals surface area contributed by atoms with Crippen LogP contribution >= 0.6 is 0 Å². The third-order valence-corrected chi connectivity index (χ3v) is 1.91. The fraction of sp³-hybridized carbons (Fsp3) is 0.200. The molecule has 1 rings (SSSR count). The molecule has 6 nitrogen and oxygen atoms in total. The van der Waals surface area contributed by atoms with Crippen LogP contribution in [0.25, 0.3) is 0 Å². The van der Waals surface area contributed by atoms with Crippen molar-refractivity contribution in [1.82, 2.24) is 0 Å². The number of methoxy groups -OCH3 is 1. The van der Waals surface area contributed by atoms with Gasteiger partial charge in [0, 0.05) is 13.0 Å². The lowest BCUT2D eigenvalue weighted by Gasteiger charge is -2.11. The smallest absolute Gasteiger partial charge is 0.339 e. The number of carbonyl (C=O) groups is 2. The maximum absolute atomic E-state index is 10.9. The quantitative estimate of drug-likeness (QED) is 0.663. The van der Waals surface area contributed by atoms with E-state index in [-0.39, 0.29) is 22.9 Å². The zero-order chi connectivity index (χ0) is 12.3. The number of nitrogen functional groups attached to an aromatic ring is 1. The van der Waals surface area contributed by atoms with Gasteiger partial charge in [0.1, 0.15) is 11.3 Å². The highest BCUT2D eigenvalue weighted by molar-refractivity contribution is 5.97. The van der Waals surface area contributed by atoms with Crippen LogP contribution in [0.4, 0.5) is 11.4 Å². The van der Waals surface area contributed by atoms with Gasteiger partial charge in [0.05, 0.1) is 18.5 Å². The highest BCUT2D eigenvalue weighted by Crippen LogP contribution is 2.29. The molecule has 0 saturated carbocycles. The van der Waals surface area contributed by atoms with Gasteiger partial charge < -0.3 is 20.9 Å². The summed E-state index contributed by atoms with van der Waals surface area (Å²) < 4.78 is 4.90. The van der Waals surface area contributed by atoms with Crippen molar-refractivity contribution < 1.29 is 19.4 Å². The molecule has 0 heterocycles. The summed E-state index contributed by atoms with van der Waals surface area (Å²) in [5, 5.41) is 11.3. The van der Waals surface area contributed by atoms with Crippen molar-refractivity contribution in [2.75, 3.05) is 18.2 Å². The number of nitrogens with one attached hydrogen (secondary N) is 1. The van der Waals surface area contributed by atoms with Gasteiger partial charge in [-0.1, -0.05) is 0 Å². The number of ether oxygens (including phenoxy) is 1. The first-order valence-electron chi connectivity index (χ1n) is 4.44. The third-order valence-electron chi connectivity index (χ3n) is 1.91. The highest BCUT2D eigenvalue weighted by Gasteiger charge is 2.14. The maximum atomic E-state index is 10.9. The molecule has 0 spiro atoms. The average molecular weight is 224 g/mol. The molecular formula is C10H12N2O4. The van der Waals surface area contributed by atoms with Gasteiger partial charge in [-0.3, -0.25) is 4.79 Å². The summed E-state index contributed by atoms with van der Waals surface area (Å²) in [5.41, 5.74) is 6.05. The van der Waals surface area contributed by atoms with Crippen LogP contribution in [0.2, 0.25) is 0 Å². The number of aromatic carboxylic acids is 1. The zero-order valence-electron chi connectivity index (χ0n) is 8.90. The van der Waals surface area contributed by atoms with Crippen molar-refractivity contribution in [2.24, 2.45) is 0 Å². The highest BCUT2D eigenvalue weighted by atomic mass is 16.5. The minimum absolute atomic E-state index is 0.0471. The fourth-order valence-electron chi connectivity index (χ4n) is 1.23. The Labute approximate surface area is 92.0 Å². The predicted molar refractivity (Wildman–Crippen MR) is 58.7 cm³/mol. The standard InChI is InChI=1S/C10H12N2O4/c1-5(13)12-8-4-9(16-2)6(10(14)15)3-7(8)11/h3-4H,11H2,1-2H3,(H,12,13)(H,14,15). The molecule has 1 aromatic rings. The van der Waals surface area contributed by atoms with Gasteiger partial charge in [-0.25, -0.2) is 4.79 Å². The Kier molecular flexibility index (Phi) is 3.34. The number of carboxylic acids is 1. The minimum atomic E-state index is -1.14. The van der Waals surface area contributed by atoms with E-state index >= 15 is 0 Å². The molecule has 6 heteroatoms. The second-order valence-electron chi connectivity index (χ2n) is 3.13. The maximum Gasteiger partial charge on any atom is 0.339 e. The summed E-state index contributed by atoms with van der Waals surface area (Å²) in [5.74, 6) is -1.29. The lowest BCUT2D eigenvalue weighted by Crippen LogP contribution is -2.10. The molecule has 0 radical (unpaired) electrons. The average Bonchev–Trinajstić information content (AvgIpc) is 2.19. The fourth-order valence-corrected chi connectivity index (χ4v) is 1.23. The zero-order valence-corrected chi connectivity index (χ0v) is 8.90. The van der Waals surface area contributed by atoms with Gasteiger partial charge in [0.15, 0.2) is 0 Å². The summed E-state index contributed by atoms with van der Waals surface area (Å²) in [6.45, 7) is 1.33. The number of hydrogen-bond acceptors (Lipinski definition) is 4. The van der Waals surface area contributed by atoms with Crippen molar-refractivity contribution in [3.8, 4) is 5.75 Å². The predicted octanol–water partition coefficient (Wildman–Crippen LogP) is 0.934. The molecule has 4 N–H and O–H groups in total. The van der Waals surface area contributed by atoms with Crippen LogP contribution in [0, 0.1) is 0 Å². The number of carbonyl (C=O) groups excluding carboxylic acids is 1. The number of amides is 1. The molecule has 0 atom stereocenters. The first-order chi connectivity index (χ1) is 7.45. The van der Waals surface area contributed by atoms with Crippen molar-refractivity contribution in [3.05, 3.63) is 17.7 Å². The van der Waals surface area contributed by atoms with Crippen molar-refractivity contribution in [3.63, 3.8) is 0 Å². The lowest BCUT2D eigenvalue weighted by atomic mass is 10.1. The molecule has 0 aromatic heterocycles. The Morgan fingerprint density at radius 2 is 2.06 bits per heavy atom. The van der Waals surface area contributed by atoms with Gasteiger partial charge >= 0.3 is 5.97 Å². The van der Waals surface area contributed by atoms with E-state index in [9.17, 15) is 9.59 Å². The molecule has 86 valence electrons. The van der Waals surface area contributed by atoms with Gasteiger partial charge in [-0.15, -0.1) is 0 Å². The van der Waals surface area contributed by atoms with Gasteiger partial charge in [0.25, 0.3) is 0 Å².